The third kappa shape index (κ3) is 5.54. The van der Waals surface area contributed by atoms with Crippen molar-refractivity contribution in [1.29, 1.82) is 0 Å². The summed E-state index contributed by atoms with van der Waals surface area (Å²) in [5.41, 5.74) is -0.0934. The zero-order chi connectivity index (χ0) is 24.4. The molecule has 2 aromatic carbocycles. The van der Waals surface area contributed by atoms with Crippen LogP contribution in [0.4, 0.5) is 13.2 Å². The molecule has 176 valence electrons. The van der Waals surface area contributed by atoms with Gasteiger partial charge in [-0.15, -0.1) is 15.0 Å². The van der Waals surface area contributed by atoms with Gasteiger partial charge in [0.15, 0.2) is 0 Å². The molecule has 13 heteroatoms. The van der Waals surface area contributed by atoms with Crippen molar-refractivity contribution in [2.24, 2.45) is 5.92 Å². The molecule has 33 heavy (non-hydrogen) atoms. The van der Waals surface area contributed by atoms with Crippen LogP contribution in [0.2, 0.25) is 0 Å². The van der Waals surface area contributed by atoms with Gasteiger partial charge in [0.1, 0.15) is 6.04 Å². The van der Waals surface area contributed by atoms with Gasteiger partial charge >= 0.3 is 12.1 Å². The highest BCUT2D eigenvalue weighted by molar-refractivity contribution is 7.89. The number of aromatic nitrogens is 4. The van der Waals surface area contributed by atoms with Gasteiger partial charge in [-0.05, 0) is 47.5 Å². The van der Waals surface area contributed by atoms with E-state index in [1.807, 2.05) is 0 Å². The number of nitrogens with zero attached hydrogens (tertiary/aromatic N) is 4. The molecule has 0 amide bonds. The number of carbonyl (C=O) groups is 1. The van der Waals surface area contributed by atoms with Crippen LogP contribution in [0.3, 0.4) is 0 Å². The average Bonchev–Trinajstić information content (AvgIpc) is 3.27. The van der Waals surface area contributed by atoms with E-state index in [9.17, 15) is 26.4 Å². The first kappa shape index (κ1) is 24.3. The Morgan fingerprint density at radius 2 is 1.67 bits per heavy atom. The maximum Gasteiger partial charge on any atom is 0.416 e. The number of esters is 1. The summed E-state index contributed by atoms with van der Waals surface area (Å²) in [6.07, 6.45) is -4.45. The van der Waals surface area contributed by atoms with Crippen LogP contribution >= 0.6 is 0 Å². The van der Waals surface area contributed by atoms with E-state index < -0.39 is 33.8 Å². The molecule has 9 nitrogen and oxygen atoms in total. The second kappa shape index (κ2) is 9.27. The van der Waals surface area contributed by atoms with Gasteiger partial charge in [0.2, 0.25) is 15.8 Å². The average molecular weight is 483 g/mol. The van der Waals surface area contributed by atoms with Crippen molar-refractivity contribution in [2.45, 2.75) is 31.0 Å². The zero-order valence-corrected chi connectivity index (χ0v) is 18.6. The summed E-state index contributed by atoms with van der Waals surface area (Å²) in [5, 5.41) is 11.8. The summed E-state index contributed by atoms with van der Waals surface area (Å²) in [4.78, 5) is 12.9. The fourth-order valence-electron chi connectivity index (χ4n) is 2.82. The molecule has 1 N–H and O–H groups in total. The van der Waals surface area contributed by atoms with Gasteiger partial charge in [-0.3, -0.25) is 4.79 Å². The lowest BCUT2D eigenvalue weighted by molar-refractivity contribution is -0.143. The Morgan fingerprint density at radius 1 is 1.06 bits per heavy atom. The van der Waals surface area contributed by atoms with E-state index in [0.29, 0.717) is 11.3 Å². The van der Waals surface area contributed by atoms with E-state index in [2.05, 4.69) is 24.9 Å². The van der Waals surface area contributed by atoms with E-state index in [4.69, 9.17) is 0 Å². The summed E-state index contributed by atoms with van der Waals surface area (Å²) in [6, 6.07) is 8.70. The number of alkyl halides is 3. The van der Waals surface area contributed by atoms with Gasteiger partial charge in [-0.25, -0.2) is 8.42 Å². The van der Waals surface area contributed by atoms with Gasteiger partial charge < -0.3 is 4.74 Å². The molecule has 0 fully saturated rings. The largest absolute Gasteiger partial charge is 0.468 e. The van der Waals surface area contributed by atoms with E-state index in [-0.39, 0.29) is 16.6 Å². The quantitative estimate of drug-likeness (QED) is 0.514. The first-order chi connectivity index (χ1) is 15.4. The van der Waals surface area contributed by atoms with Gasteiger partial charge in [0.05, 0.1) is 23.3 Å². The molecule has 0 spiro atoms. The highest BCUT2D eigenvalue weighted by Crippen LogP contribution is 2.30. The normalized spacial score (nSPS) is 13.2. The number of carbonyl (C=O) groups excluding carboxylic acids is 1. The minimum atomic E-state index is -4.45. The Kier molecular flexibility index (Phi) is 6.84. The monoisotopic (exact) mass is 483 g/mol. The van der Waals surface area contributed by atoms with Crippen molar-refractivity contribution in [1.82, 2.24) is 24.9 Å². The van der Waals surface area contributed by atoms with Crippen molar-refractivity contribution >= 4 is 16.0 Å². The Balaban J connectivity index is 1.79. The van der Waals surface area contributed by atoms with E-state index in [1.165, 1.54) is 43.5 Å². The minimum Gasteiger partial charge on any atom is -0.468 e. The van der Waals surface area contributed by atoms with Crippen LogP contribution in [0.5, 0.6) is 0 Å². The van der Waals surface area contributed by atoms with Crippen molar-refractivity contribution in [3.05, 3.63) is 54.1 Å². The zero-order valence-electron chi connectivity index (χ0n) is 17.7. The van der Waals surface area contributed by atoms with Crippen LogP contribution in [0.1, 0.15) is 19.4 Å². The molecule has 0 aliphatic carbocycles. The number of rotatable bonds is 7. The molecular formula is C20H20F3N5O4S. The van der Waals surface area contributed by atoms with Crippen molar-refractivity contribution in [3.8, 4) is 17.1 Å². The summed E-state index contributed by atoms with van der Waals surface area (Å²) in [7, 11) is -2.85. The van der Waals surface area contributed by atoms with Crippen molar-refractivity contribution < 1.29 is 31.1 Å². The Labute approximate surface area is 187 Å². The number of ether oxygens (including phenoxy) is 1. The number of nitrogens with one attached hydrogen (secondary N) is 1. The topological polar surface area (TPSA) is 116 Å². The lowest BCUT2D eigenvalue weighted by Crippen LogP contribution is -2.44. The van der Waals surface area contributed by atoms with E-state index >= 15 is 0 Å². The lowest BCUT2D eigenvalue weighted by Gasteiger charge is -2.19. The molecule has 0 aliphatic rings. The number of benzene rings is 2. The van der Waals surface area contributed by atoms with Crippen molar-refractivity contribution in [3.63, 3.8) is 0 Å². The molecule has 0 bridgehead atoms. The molecule has 0 unspecified atom stereocenters. The Bertz CT molecular complexity index is 1220. The smallest absolute Gasteiger partial charge is 0.416 e. The SMILES string of the molecule is COC(=O)[C@H](NS(=O)(=O)c1ccc(-n2nnc(-c3ccc(C(F)(F)F)cc3)n2)cc1)C(C)C. The van der Waals surface area contributed by atoms with Crippen LogP contribution in [0.15, 0.2) is 53.4 Å². The highest BCUT2D eigenvalue weighted by atomic mass is 32.2. The van der Waals surface area contributed by atoms with Crippen LogP contribution in [0, 0.1) is 5.92 Å². The fraction of sp³-hybridized carbons (Fsp3) is 0.300. The Hall–Kier alpha value is -3.32. The lowest BCUT2D eigenvalue weighted by atomic mass is 10.1. The second-order valence-corrected chi connectivity index (χ2v) is 9.05. The number of methoxy groups -OCH3 is 1. The van der Waals surface area contributed by atoms with Gasteiger partial charge in [-0.2, -0.15) is 17.9 Å². The van der Waals surface area contributed by atoms with E-state index in [0.717, 1.165) is 16.9 Å². The number of sulfonamides is 1. The summed E-state index contributed by atoms with van der Waals surface area (Å²) >= 11 is 0. The molecule has 0 radical (unpaired) electrons. The third-order valence-corrected chi connectivity index (χ3v) is 6.12. The van der Waals surface area contributed by atoms with Crippen LogP contribution < -0.4 is 4.72 Å². The van der Waals surface area contributed by atoms with Crippen molar-refractivity contribution in [2.75, 3.05) is 7.11 Å². The first-order valence-corrected chi connectivity index (χ1v) is 11.1. The van der Waals surface area contributed by atoms with Crippen LogP contribution in [-0.2, 0) is 25.7 Å². The molecule has 1 heterocycles. The number of tetrazole rings is 1. The second-order valence-electron chi connectivity index (χ2n) is 7.34. The maximum absolute atomic E-state index is 12.7. The van der Waals surface area contributed by atoms with Crippen LogP contribution in [-0.4, -0.2) is 47.7 Å². The molecule has 0 saturated carbocycles. The molecule has 3 rings (SSSR count). The van der Waals surface area contributed by atoms with Gasteiger partial charge in [0.25, 0.3) is 0 Å². The predicted octanol–water partition coefficient (Wildman–Crippen LogP) is 2.82. The summed E-state index contributed by atoms with van der Waals surface area (Å²) < 4.78 is 70.4. The molecule has 1 atom stereocenters. The standard InChI is InChI=1S/C20H20F3N5O4S/c1-12(2)17(19(29)32-3)26-33(30,31)16-10-8-15(9-11-16)28-25-18(24-27-28)13-4-6-14(7-5-13)20(21,22)23/h4-12,17,26H,1-3H3/t17-/m1/s1. The first-order valence-electron chi connectivity index (χ1n) is 9.60. The molecule has 1 aromatic heterocycles. The van der Waals surface area contributed by atoms with Crippen LogP contribution in [0.25, 0.3) is 17.1 Å². The number of halogens is 3. The Morgan fingerprint density at radius 3 is 2.18 bits per heavy atom. The predicted molar refractivity (Wildman–Crippen MR) is 111 cm³/mol. The molecule has 3 aromatic rings. The molecule has 0 aliphatic heterocycles. The summed E-state index contributed by atoms with van der Waals surface area (Å²) in [6.45, 7) is 3.36. The minimum absolute atomic E-state index is 0.0936. The summed E-state index contributed by atoms with van der Waals surface area (Å²) in [5.74, 6) is -0.942. The van der Waals surface area contributed by atoms with Gasteiger partial charge in [-0.1, -0.05) is 26.0 Å². The third-order valence-electron chi connectivity index (χ3n) is 4.67. The number of hydrogen-bond donors (Lipinski definition) is 1. The van der Waals surface area contributed by atoms with Gasteiger partial charge in [0, 0.05) is 5.56 Å². The number of hydrogen-bond acceptors (Lipinski definition) is 7. The van der Waals surface area contributed by atoms with E-state index in [1.54, 1.807) is 13.8 Å². The molecular weight excluding hydrogens is 463 g/mol. The maximum atomic E-state index is 12.7. The fourth-order valence-corrected chi connectivity index (χ4v) is 4.16. The molecule has 0 saturated heterocycles. The highest BCUT2D eigenvalue weighted by Gasteiger charge is 2.30.